The van der Waals surface area contributed by atoms with E-state index in [0.717, 1.165) is 26.2 Å². The first kappa shape index (κ1) is 10.6. The number of alkyl halides is 1. The lowest BCUT2D eigenvalue weighted by Gasteiger charge is -2.31. The Hall–Kier alpha value is 0.560. The lowest BCUT2D eigenvalue weighted by Crippen LogP contribution is -2.44. The van der Waals surface area contributed by atoms with Crippen LogP contribution in [0.5, 0.6) is 0 Å². The van der Waals surface area contributed by atoms with E-state index >= 15 is 0 Å². The number of ether oxygens (including phenoxy) is 1. The predicted octanol–water partition coefficient (Wildman–Crippen LogP) is 1.29. The SMILES string of the molecule is CSCCN1CCOC(CCl)C1. The molecule has 0 aromatic heterocycles. The summed E-state index contributed by atoms with van der Waals surface area (Å²) in [6.07, 6.45) is 2.39. The van der Waals surface area contributed by atoms with E-state index in [2.05, 4.69) is 11.2 Å². The molecule has 2 nitrogen and oxygen atoms in total. The van der Waals surface area contributed by atoms with E-state index in [0.29, 0.717) is 5.88 Å². The van der Waals surface area contributed by atoms with Gasteiger partial charge in [0.1, 0.15) is 0 Å². The monoisotopic (exact) mass is 209 g/mol. The van der Waals surface area contributed by atoms with Crippen molar-refractivity contribution in [3.05, 3.63) is 0 Å². The number of halogens is 1. The Morgan fingerprint density at radius 2 is 2.50 bits per heavy atom. The number of hydrogen-bond acceptors (Lipinski definition) is 3. The van der Waals surface area contributed by atoms with Crippen LogP contribution in [-0.4, -0.2) is 55.1 Å². The molecule has 0 aliphatic carbocycles. The van der Waals surface area contributed by atoms with Crippen LogP contribution in [0.1, 0.15) is 0 Å². The molecule has 0 radical (unpaired) electrons. The van der Waals surface area contributed by atoms with Gasteiger partial charge in [0.05, 0.1) is 12.7 Å². The van der Waals surface area contributed by atoms with E-state index in [9.17, 15) is 0 Å². The second-order valence-electron chi connectivity index (χ2n) is 2.94. The lowest BCUT2D eigenvalue weighted by atomic mass is 10.3. The topological polar surface area (TPSA) is 12.5 Å². The summed E-state index contributed by atoms with van der Waals surface area (Å²) in [4.78, 5) is 2.42. The molecule has 0 spiro atoms. The van der Waals surface area contributed by atoms with Gasteiger partial charge in [-0.25, -0.2) is 0 Å². The summed E-state index contributed by atoms with van der Waals surface area (Å²) in [5, 5.41) is 0. The third-order valence-corrected chi connectivity index (χ3v) is 2.94. The Morgan fingerprint density at radius 3 is 3.17 bits per heavy atom. The maximum absolute atomic E-state index is 5.72. The highest BCUT2D eigenvalue weighted by atomic mass is 35.5. The van der Waals surface area contributed by atoms with Gasteiger partial charge in [-0.3, -0.25) is 4.90 Å². The maximum atomic E-state index is 5.72. The lowest BCUT2D eigenvalue weighted by molar-refractivity contribution is -0.0140. The van der Waals surface area contributed by atoms with E-state index in [-0.39, 0.29) is 6.10 Å². The molecule has 4 heteroatoms. The molecular weight excluding hydrogens is 194 g/mol. The first-order valence-corrected chi connectivity index (χ1v) is 6.18. The molecule has 1 fully saturated rings. The number of thioether (sulfide) groups is 1. The van der Waals surface area contributed by atoms with Crippen molar-refractivity contribution in [2.75, 3.05) is 44.1 Å². The first-order chi connectivity index (χ1) is 5.86. The number of hydrogen-bond donors (Lipinski definition) is 0. The van der Waals surface area contributed by atoms with Crippen LogP contribution in [0.4, 0.5) is 0 Å². The smallest absolute Gasteiger partial charge is 0.0837 e. The Labute approximate surface area is 83.6 Å². The number of nitrogens with zero attached hydrogens (tertiary/aromatic N) is 1. The van der Waals surface area contributed by atoms with E-state index in [1.165, 1.54) is 5.75 Å². The fraction of sp³-hybridized carbons (Fsp3) is 1.00. The van der Waals surface area contributed by atoms with Gasteiger partial charge in [-0.1, -0.05) is 0 Å². The highest BCUT2D eigenvalue weighted by Gasteiger charge is 2.18. The Balaban J connectivity index is 2.16. The third kappa shape index (κ3) is 3.52. The highest BCUT2D eigenvalue weighted by molar-refractivity contribution is 7.98. The van der Waals surface area contributed by atoms with E-state index < -0.39 is 0 Å². The van der Waals surface area contributed by atoms with Crippen LogP contribution in [0.25, 0.3) is 0 Å². The summed E-state index contributed by atoms with van der Waals surface area (Å²) in [5.74, 6) is 1.82. The summed E-state index contributed by atoms with van der Waals surface area (Å²) >= 11 is 7.61. The van der Waals surface area contributed by atoms with Crippen molar-refractivity contribution in [1.82, 2.24) is 4.90 Å². The molecule has 1 saturated heterocycles. The van der Waals surface area contributed by atoms with Crippen LogP contribution in [0.3, 0.4) is 0 Å². The van der Waals surface area contributed by atoms with Crippen molar-refractivity contribution in [1.29, 1.82) is 0 Å². The molecule has 1 heterocycles. The Bertz CT molecular complexity index is 126. The van der Waals surface area contributed by atoms with Crippen molar-refractivity contribution in [3.63, 3.8) is 0 Å². The number of rotatable bonds is 4. The van der Waals surface area contributed by atoms with Gasteiger partial charge < -0.3 is 4.74 Å². The van der Waals surface area contributed by atoms with E-state index in [1.54, 1.807) is 0 Å². The minimum absolute atomic E-state index is 0.252. The van der Waals surface area contributed by atoms with Crippen LogP contribution >= 0.6 is 23.4 Å². The zero-order chi connectivity index (χ0) is 8.81. The molecular formula is C8H16ClNOS. The van der Waals surface area contributed by atoms with Crippen molar-refractivity contribution in [2.24, 2.45) is 0 Å². The molecule has 0 aromatic rings. The molecule has 1 aliphatic rings. The van der Waals surface area contributed by atoms with Crippen molar-refractivity contribution >= 4 is 23.4 Å². The van der Waals surface area contributed by atoms with Gasteiger partial charge in [0.2, 0.25) is 0 Å². The second-order valence-corrected chi connectivity index (χ2v) is 4.23. The van der Waals surface area contributed by atoms with Crippen LogP contribution in [0.2, 0.25) is 0 Å². The molecule has 0 saturated carbocycles. The first-order valence-electron chi connectivity index (χ1n) is 4.25. The summed E-state index contributed by atoms with van der Waals surface area (Å²) < 4.78 is 5.46. The van der Waals surface area contributed by atoms with E-state index in [4.69, 9.17) is 16.3 Å². The molecule has 1 rings (SSSR count). The molecule has 1 unspecified atom stereocenters. The maximum Gasteiger partial charge on any atom is 0.0837 e. The molecule has 0 amide bonds. The summed E-state index contributed by atoms with van der Waals surface area (Å²) in [5.41, 5.74) is 0. The van der Waals surface area contributed by atoms with Gasteiger partial charge in [0, 0.05) is 31.3 Å². The molecule has 72 valence electrons. The summed E-state index contributed by atoms with van der Waals surface area (Å²) in [7, 11) is 0. The third-order valence-electron chi connectivity index (χ3n) is 2.01. The van der Waals surface area contributed by atoms with Gasteiger partial charge in [-0.2, -0.15) is 11.8 Å². The Morgan fingerprint density at radius 1 is 1.67 bits per heavy atom. The van der Waals surface area contributed by atoms with Gasteiger partial charge >= 0.3 is 0 Å². The van der Waals surface area contributed by atoms with Gasteiger partial charge in [-0.15, -0.1) is 11.6 Å². The van der Waals surface area contributed by atoms with Gasteiger partial charge in [0.15, 0.2) is 0 Å². The normalized spacial score (nSPS) is 26.0. The molecule has 1 atom stereocenters. The largest absolute Gasteiger partial charge is 0.374 e. The highest BCUT2D eigenvalue weighted by Crippen LogP contribution is 2.07. The van der Waals surface area contributed by atoms with Crippen molar-refractivity contribution in [3.8, 4) is 0 Å². The van der Waals surface area contributed by atoms with Crippen molar-refractivity contribution < 1.29 is 4.74 Å². The van der Waals surface area contributed by atoms with Crippen LogP contribution < -0.4 is 0 Å². The zero-order valence-corrected chi connectivity index (χ0v) is 9.03. The summed E-state index contributed by atoms with van der Waals surface area (Å²) in [6, 6.07) is 0. The Kier molecular flexibility index (Phi) is 5.39. The fourth-order valence-corrected chi connectivity index (χ4v) is 1.92. The van der Waals surface area contributed by atoms with Crippen LogP contribution in [-0.2, 0) is 4.74 Å². The summed E-state index contributed by atoms with van der Waals surface area (Å²) in [6.45, 7) is 4.07. The quantitative estimate of drug-likeness (QED) is 0.648. The molecule has 0 aromatic carbocycles. The van der Waals surface area contributed by atoms with Crippen molar-refractivity contribution in [2.45, 2.75) is 6.10 Å². The van der Waals surface area contributed by atoms with Gasteiger partial charge in [-0.05, 0) is 6.26 Å². The zero-order valence-electron chi connectivity index (χ0n) is 7.46. The van der Waals surface area contributed by atoms with Crippen LogP contribution in [0.15, 0.2) is 0 Å². The molecule has 12 heavy (non-hydrogen) atoms. The molecule has 1 aliphatic heterocycles. The average molecular weight is 210 g/mol. The fourth-order valence-electron chi connectivity index (χ4n) is 1.30. The van der Waals surface area contributed by atoms with E-state index in [1.807, 2.05) is 11.8 Å². The number of morpholine rings is 1. The van der Waals surface area contributed by atoms with Gasteiger partial charge in [0.25, 0.3) is 0 Å². The minimum atomic E-state index is 0.252. The standard InChI is InChI=1S/C8H16ClNOS/c1-12-5-3-10-2-4-11-8(6-9)7-10/h8H,2-7H2,1H3. The molecule has 0 bridgehead atoms. The average Bonchev–Trinajstić information content (AvgIpc) is 2.15. The van der Waals surface area contributed by atoms with Crippen LogP contribution in [0, 0.1) is 0 Å². The predicted molar refractivity (Wildman–Crippen MR) is 55.3 cm³/mol. The second kappa shape index (κ2) is 6.08. The molecule has 0 N–H and O–H groups in total. The minimum Gasteiger partial charge on any atom is -0.374 e.